The summed E-state index contributed by atoms with van der Waals surface area (Å²) in [4.78, 5) is 36.5. The number of hydrogen-bond acceptors (Lipinski definition) is 7. The number of aromatic nitrogens is 3. The smallest absolute Gasteiger partial charge is 0.350 e. The quantitative estimate of drug-likeness (QED) is 0.493. The van der Waals surface area contributed by atoms with Crippen molar-refractivity contribution >= 4 is 51.1 Å². The van der Waals surface area contributed by atoms with Crippen LogP contribution in [0.5, 0.6) is 0 Å². The van der Waals surface area contributed by atoms with E-state index < -0.39 is 5.97 Å². The van der Waals surface area contributed by atoms with E-state index in [0.717, 1.165) is 22.4 Å². The highest BCUT2D eigenvalue weighted by Crippen LogP contribution is 2.27. The van der Waals surface area contributed by atoms with Crippen molar-refractivity contribution in [3.8, 4) is 0 Å². The Morgan fingerprint density at radius 3 is 2.85 bits per heavy atom. The number of H-pyrrole nitrogens is 1. The van der Waals surface area contributed by atoms with E-state index in [0.29, 0.717) is 27.5 Å². The number of ether oxygens (including phenoxy) is 1. The van der Waals surface area contributed by atoms with Gasteiger partial charge in [0.25, 0.3) is 0 Å². The van der Waals surface area contributed by atoms with E-state index >= 15 is 0 Å². The first-order chi connectivity index (χ1) is 12.5. The van der Waals surface area contributed by atoms with Gasteiger partial charge in [-0.2, -0.15) is 0 Å². The van der Waals surface area contributed by atoms with Crippen LogP contribution in [0.1, 0.15) is 29.2 Å². The molecule has 0 aliphatic carbocycles. The highest BCUT2D eigenvalue weighted by molar-refractivity contribution is 8.00. The molecule has 0 aliphatic rings. The van der Waals surface area contributed by atoms with Gasteiger partial charge in [-0.25, -0.2) is 14.8 Å². The Hall–Kier alpha value is -2.39. The number of aryl methyl sites for hydroxylation is 1. The number of nitrogens with one attached hydrogen (secondary N) is 2. The summed E-state index contributed by atoms with van der Waals surface area (Å²) >= 11 is 2.44. The minimum atomic E-state index is -0.423. The molecular formula is C17H18N4O3S2. The van der Waals surface area contributed by atoms with Crippen molar-refractivity contribution in [3.05, 3.63) is 34.8 Å². The largest absolute Gasteiger partial charge is 0.462 e. The number of benzene rings is 1. The summed E-state index contributed by atoms with van der Waals surface area (Å²) in [5, 5.41) is 3.43. The van der Waals surface area contributed by atoms with Crippen molar-refractivity contribution in [1.29, 1.82) is 0 Å². The van der Waals surface area contributed by atoms with E-state index in [4.69, 9.17) is 4.74 Å². The topological polar surface area (TPSA) is 97.0 Å². The van der Waals surface area contributed by atoms with Gasteiger partial charge in [0.15, 0.2) is 10.3 Å². The average molecular weight is 390 g/mol. The molecule has 1 amide bonds. The average Bonchev–Trinajstić information content (AvgIpc) is 3.17. The number of carbonyl (C=O) groups is 2. The second-order valence-electron chi connectivity index (χ2n) is 5.46. The maximum absolute atomic E-state index is 12.4. The van der Waals surface area contributed by atoms with Crippen LogP contribution in [0.4, 0.5) is 5.13 Å². The molecule has 26 heavy (non-hydrogen) atoms. The van der Waals surface area contributed by atoms with Gasteiger partial charge in [-0.1, -0.05) is 35.2 Å². The van der Waals surface area contributed by atoms with Crippen LogP contribution in [0.25, 0.3) is 11.0 Å². The third-order valence-electron chi connectivity index (χ3n) is 3.51. The molecule has 2 heterocycles. The van der Waals surface area contributed by atoms with Crippen LogP contribution in [-0.4, -0.2) is 38.7 Å². The SMILES string of the molecule is CCOC(=O)c1sc(NC(=O)[C@@H](C)Sc2nc3ccccc3[nH]2)nc1C. The zero-order valence-electron chi connectivity index (χ0n) is 14.5. The minimum absolute atomic E-state index is 0.209. The molecule has 1 atom stereocenters. The number of thiazole rings is 1. The Balaban J connectivity index is 1.65. The van der Waals surface area contributed by atoms with Gasteiger partial charge in [-0.3, -0.25) is 4.79 Å². The Bertz CT molecular complexity index is 918. The summed E-state index contributed by atoms with van der Waals surface area (Å²) in [5.41, 5.74) is 2.33. The highest BCUT2D eigenvalue weighted by Gasteiger charge is 2.21. The highest BCUT2D eigenvalue weighted by atomic mass is 32.2. The van der Waals surface area contributed by atoms with Crippen LogP contribution in [0.2, 0.25) is 0 Å². The fourth-order valence-electron chi connectivity index (χ4n) is 2.25. The lowest BCUT2D eigenvalue weighted by molar-refractivity contribution is -0.115. The lowest BCUT2D eigenvalue weighted by Gasteiger charge is -2.08. The van der Waals surface area contributed by atoms with E-state index in [1.54, 1.807) is 20.8 Å². The molecule has 3 rings (SSSR count). The van der Waals surface area contributed by atoms with Crippen LogP contribution >= 0.6 is 23.1 Å². The number of rotatable bonds is 6. The lowest BCUT2D eigenvalue weighted by Crippen LogP contribution is -2.22. The minimum Gasteiger partial charge on any atom is -0.462 e. The van der Waals surface area contributed by atoms with Gasteiger partial charge < -0.3 is 15.0 Å². The lowest BCUT2D eigenvalue weighted by atomic mass is 10.3. The van der Waals surface area contributed by atoms with Crippen LogP contribution in [0.15, 0.2) is 29.4 Å². The number of hydrogen-bond donors (Lipinski definition) is 2. The van der Waals surface area contributed by atoms with Crippen LogP contribution in [-0.2, 0) is 9.53 Å². The molecule has 7 nitrogen and oxygen atoms in total. The number of thioether (sulfide) groups is 1. The Morgan fingerprint density at radius 2 is 2.12 bits per heavy atom. The Kier molecular flexibility index (Phi) is 5.58. The third kappa shape index (κ3) is 4.05. The zero-order valence-corrected chi connectivity index (χ0v) is 16.2. The molecule has 0 spiro atoms. The van der Waals surface area contributed by atoms with E-state index in [1.165, 1.54) is 11.8 Å². The molecule has 9 heteroatoms. The van der Waals surface area contributed by atoms with Gasteiger partial charge in [0, 0.05) is 0 Å². The number of para-hydroxylation sites is 2. The number of nitrogens with zero attached hydrogens (tertiary/aromatic N) is 2. The zero-order chi connectivity index (χ0) is 18.7. The number of amides is 1. The second kappa shape index (κ2) is 7.88. The molecule has 1 aromatic carbocycles. The van der Waals surface area contributed by atoms with E-state index in [1.807, 2.05) is 24.3 Å². The van der Waals surface area contributed by atoms with Crippen molar-refractivity contribution in [1.82, 2.24) is 15.0 Å². The molecule has 0 saturated carbocycles. The number of carbonyl (C=O) groups excluding carboxylic acids is 2. The van der Waals surface area contributed by atoms with Gasteiger partial charge >= 0.3 is 5.97 Å². The van der Waals surface area contributed by atoms with E-state index in [2.05, 4.69) is 20.3 Å². The normalized spacial score (nSPS) is 12.1. The number of aromatic amines is 1. The molecule has 0 unspecified atom stereocenters. The Labute approximate surface area is 158 Å². The van der Waals surface area contributed by atoms with Crippen molar-refractivity contribution in [2.45, 2.75) is 31.2 Å². The van der Waals surface area contributed by atoms with Crippen molar-refractivity contribution in [3.63, 3.8) is 0 Å². The number of esters is 1. The van der Waals surface area contributed by atoms with Crippen LogP contribution in [0.3, 0.4) is 0 Å². The molecule has 0 radical (unpaired) electrons. The second-order valence-corrected chi connectivity index (χ2v) is 7.79. The van der Waals surface area contributed by atoms with Crippen molar-refractivity contribution in [2.75, 3.05) is 11.9 Å². The van der Waals surface area contributed by atoms with Gasteiger partial charge in [0.05, 0.1) is 28.6 Å². The summed E-state index contributed by atoms with van der Waals surface area (Å²) < 4.78 is 4.98. The first-order valence-electron chi connectivity index (χ1n) is 8.04. The van der Waals surface area contributed by atoms with Gasteiger partial charge in [0.2, 0.25) is 5.91 Å². The molecule has 3 aromatic rings. The van der Waals surface area contributed by atoms with Crippen molar-refractivity contribution in [2.24, 2.45) is 0 Å². The van der Waals surface area contributed by atoms with E-state index in [9.17, 15) is 9.59 Å². The third-order valence-corrected chi connectivity index (χ3v) is 5.55. The fraction of sp³-hybridized carbons (Fsp3) is 0.294. The molecule has 2 N–H and O–H groups in total. The molecule has 2 aromatic heterocycles. The summed E-state index contributed by atoms with van der Waals surface area (Å²) in [6.45, 7) is 5.54. The molecule has 0 fully saturated rings. The predicted molar refractivity (Wildman–Crippen MR) is 103 cm³/mol. The molecule has 0 bridgehead atoms. The van der Waals surface area contributed by atoms with Crippen LogP contribution < -0.4 is 5.32 Å². The first kappa shape index (κ1) is 18.4. The van der Waals surface area contributed by atoms with Gasteiger partial charge in [-0.05, 0) is 32.9 Å². The standard InChI is InChI=1S/C17H18N4O3S2/c1-4-24-15(23)13-9(2)18-16(26-13)21-14(22)10(3)25-17-19-11-7-5-6-8-12(11)20-17/h5-8,10H,4H2,1-3H3,(H,19,20)(H,18,21,22)/t10-/m1/s1. The maximum atomic E-state index is 12.4. The first-order valence-corrected chi connectivity index (χ1v) is 9.74. The van der Waals surface area contributed by atoms with Gasteiger partial charge in [0.1, 0.15) is 4.88 Å². The van der Waals surface area contributed by atoms with Crippen LogP contribution in [0, 0.1) is 6.92 Å². The Morgan fingerprint density at radius 1 is 1.35 bits per heavy atom. The maximum Gasteiger partial charge on any atom is 0.350 e. The van der Waals surface area contributed by atoms with Gasteiger partial charge in [-0.15, -0.1) is 0 Å². The van der Waals surface area contributed by atoms with Crippen molar-refractivity contribution < 1.29 is 14.3 Å². The molecular weight excluding hydrogens is 372 g/mol. The summed E-state index contributed by atoms with van der Waals surface area (Å²) in [6, 6.07) is 7.69. The fourth-order valence-corrected chi connectivity index (χ4v) is 3.93. The molecule has 0 aliphatic heterocycles. The summed E-state index contributed by atoms with van der Waals surface area (Å²) in [7, 11) is 0. The predicted octanol–water partition coefficient (Wildman–Crippen LogP) is 3.62. The monoisotopic (exact) mass is 390 g/mol. The summed E-state index contributed by atoms with van der Waals surface area (Å²) in [6.07, 6.45) is 0. The number of anilines is 1. The number of imidazole rings is 1. The summed E-state index contributed by atoms with van der Waals surface area (Å²) in [5.74, 6) is -0.632. The molecule has 0 saturated heterocycles. The van der Waals surface area contributed by atoms with E-state index in [-0.39, 0.29) is 11.2 Å². The molecule has 136 valence electrons. The number of fused-ring (bicyclic) bond motifs is 1.